The van der Waals surface area contributed by atoms with Crippen LogP contribution < -0.4 is 5.32 Å². The first-order valence-corrected chi connectivity index (χ1v) is 7.22. The molecule has 0 saturated heterocycles. The lowest BCUT2D eigenvalue weighted by Crippen LogP contribution is -2.30. The van der Waals surface area contributed by atoms with E-state index in [1.54, 1.807) is 13.0 Å². The van der Waals surface area contributed by atoms with Crippen LogP contribution in [0.5, 0.6) is 0 Å². The largest absolute Gasteiger partial charge is 0.352 e. The number of carbonyl (C=O) groups excluding carboxylic acids is 1. The molecular formula is C15H21ClFNO. The van der Waals surface area contributed by atoms with Crippen LogP contribution in [0.15, 0.2) is 18.2 Å². The molecule has 1 N–H and O–H groups in total. The van der Waals surface area contributed by atoms with E-state index in [1.807, 2.05) is 0 Å². The van der Waals surface area contributed by atoms with Crippen molar-refractivity contribution in [3.63, 3.8) is 0 Å². The van der Waals surface area contributed by atoms with Crippen LogP contribution in [0, 0.1) is 18.7 Å². The van der Waals surface area contributed by atoms with E-state index in [9.17, 15) is 9.18 Å². The summed E-state index contributed by atoms with van der Waals surface area (Å²) in [6.07, 6.45) is 2.94. The number of halogens is 2. The van der Waals surface area contributed by atoms with Crippen LogP contribution in [0.4, 0.5) is 4.39 Å². The SMILES string of the molecule is CCCC(CCCl)CNC(=O)c1ccc(C)cc1F. The number of carbonyl (C=O) groups is 1. The Morgan fingerprint density at radius 3 is 2.74 bits per heavy atom. The molecule has 0 saturated carbocycles. The average molecular weight is 286 g/mol. The molecule has 1 aromatic carbocycles. The van der Waals surface area contributed by atoms with Gasteiger partial charge in [0.2, 0.25) is 0 Å². The summed E-state index contributed by atoms with van der Waals surface area (Å²) in [6, 6.07) is 4.63. The van der Waals surface area contributed by atoms with Gasteiger partial charge < -0.3 is 5.32 Å². The highest BCUT2D eigenvalue weighted by Gasteiger charge is 2.13. The molecule has 1 atom stereocenters. The van der Waals surface area contributed by atoms with E-state index < -0.39 is 5.82 Å². The monoisotopic (exact) mass is 285 g/mol. The molecule has 19 heavy (non-hydrogen) atoms. The third-order valence-corrected chi connectivity index (χ3v) is 3.35. The minimum absolute atomic E-state index is 0.103. The highest BCUT2D eigenvalue weighted by Crippen LogP contribution is 2.13. The first-order chi connectivity index (χ1) is 9.08. The molecule has 0 aliphatic carbocycles. The van der Waals surface area contributed by atoms with Crippen molar-refractivity contribution >= 4 is 17.5 Å². The van der Waals surface area contributed by atoms with Crippen LogP contribution in [0.2, 0.25) is 0 Å². The molecule has 0 spiro atoms. The van der Waals surface area contributed by atoms with Crippen molar-refractivity contribution < 1.29 is 9.18 Å². The fourth-order valence-electron chi connectivity index (χ4n) is 2.05. The standard InChI is InChI=1S/C15H21ClFNO/c1-3-4-12(7-8-16)10-18-15(19)13-6-5-11(2)9-14(13)17/h5-6,9,12H,3-4,7-8,10H2,1-2H3,(H,18,19). The van der Waals surface area contributed by atoms with Gasteiger partial charge in [-0.2, -0.15) is 0 Å². The number of hydrogen-bond donors (Lipinski definition) is 1. The van der Waals surface area contributed by atoms with Crippen molar-refractivity contribution in [3.05, 3.63) is 35.1 Å². The fourth-order valence-corrected chi connectivity index (χ4v) is 2.36. The van der Waals surface area contributed by atoms with E-state index in [4.69, 9.17) is 11.6 Å². The second kappa shape index (κ2) is 8.16. The third-order valence-electron chi connectivity index (χ3n) is 3.13. The second-order valence-electron chi connectivity index (χ2n) is 4.83. The Kier molecular flexibility index (Phi) is 6.85. The van der Waals surface area contributed by atoms with Crippen molar-refractivity contribution in [3.8, 4) is 0 Å². The van der Waals surface area contributed by atoms with Gasteiger partial charge in [-0.15, -0.1) is 11.6 Å². The number of benzene rings is 1. The Bertz CT molecular complexity index is 417. The molecule has 2 nitrogen and oxygen atoms in total. The van der Waals surface area contributed by atoms with E-state index >= 15 is 0 Å². The van der Waals surface area contributed by atoms with Crippen molar-refractivity contribution in [1.82, 2.24) is 5.32 Å². The highest BCUT2D eigenvalue weighted by molar-refractivity contribution is 6.17. The fraction of sp³-hybridized carbons (Fsp3) is 0.533. The topological polar surface area (TPSA) is 29.1 Å². The van der Waals surface area contributed by atoms with Gasteiger partial charge in [-0.05, 0) is 43.4 Å². The predicted octanol–water partition coefficient (Wildman–Crippen LogP) is 3.91. The van der Waals surface area contributed by atoms with Crippen molar-refractivity contribution in [2.75, 3.05) is 12.4 Å². The maximum atomic E-state index is 13.6. The van der Waals surface area contributed by atoms with Crippen LogP contribution in [0.25, 0.3) is 0 Å². The van der Waals surface area contributed by atoms with Crippen LogP contribution in [0.3, 0.4) is 0 Å². The summed E-state index contributed by atoms with van der Waals surface area (Å²) < 4.78 is 13.6. The molecule has 4 heteroatoms. The molecule has 1 amide bonds. The molecule has 0 radical (unpaired) electrons. The molecular weight excluding hydrogens is 265 g/mol. The van der Waals surface area contributed by atoms with Gasteiger partial charge in [0.05, 0.1) is 5.56 Å². The Labute approximate surface area is 119 Å². The van der Waals surface area contributed by atoms with Crippen molar-refractivity contribution in [2.24, 2.45) is 5.92 Å². The minimum atomic E-state index is -0.470. The van der Waals surface area contributed by atoms with Crippen LogP contribution in [0.1, 0.15) is 42.1 Å². The summed E-state index contributed by atoms with van der Waals surface area (Å²) in [5.41, 5.74) is 0.909. The number of amides is 1. The third kappa shape index (κ3) is 5.19. The van der Waals surface area contributed by atoms with Crippen LogP contribution in [-0.4, -0.2) is 18.3 Å². The van der Waals surface area contributed by atoms with E-state index in [1.165, 1.54) is 12.1 Å². The van der Waals surface area contributed by atoms with E-state index in [0.717, 1.165) is 24.8 Å². The molecule has 0 aliphatic rings. The molecule has 0 aliphatic heterocycles. The minimum Gasteiger partial charge on any atom is -0.352 e. The van der Waals surface area contributed by atoms with Crippen molar-refractivity contribution in [2.45, 2.75) is 33.1 Å². The first-order valence-electron chi connectivity index (χ1n) is 6.68. The quantitative estimate of drug-likeness (QED) is 0.756. The zero-order chi connectivity index (χ0) is 14.3. The molecule has 1 unspecified atom stereocenters. The van der Waals surface area contributed by atoms with E-state index in [0.29, 0.717) is 18.3 Å². The van der Waals surface area contributed by atoms with E-state index in [-0.39, 0.29) is 11.5 Å². The summed E-state index contributed by atoms with van der Waals surface area (Å²) in [5, 5.41) is 2.79. The Hall–Kier alpha value is -1.09. The predicted molar refractivity (Wildman–Crippen MR) is 77.2 cm³/mol. The van der Waals surface area contributed by atoms with Gasteiger partial charge in [0.1, 0.15) is 5.82 Å². The Morgan fingerprint density at radius 2 is 2.16 bits per heavy atom. The second-order valence-corrected chi connectivity index (χ2v) is 5.20. The van der Waals surface area contributed by atoms with E-state index in [2.05, 4.69) is 12.2 Å². The summed E-state index contributed by atoms with van der Waals surface area (Å²) in [5.74, 6) is 0.120. The lowest BCUT2D eigenvalue weighted by molar-refractivity contribution is 0.0942. The first kappa shape index (κ1) is 16.0. The maximum Gasteiger partial charge on any atom is 0.254 e. The van der Waals surface area contributed by atoms with Gasteiger partial charge in [0.15, 0.2) is 0 Å². The van der Waals surface area contributed by atoms with Gasteiger partial charge in [0, 0.05) is 12.4 Å². The Balaban J connectivity index is 2.58. The van der Waals surface area contributed by atoms with Crippen molar-refractivity contribution in [1.29, 1.82) is 0 Å². The summed E-state index contributed by atoms with van der Waals surface area (Å²) in [6.45, 7) is 4.44. The Morgan fingerprint density at radius 1 is 1.42 bits per heavy atom. The lowest BCUT2D eigenvalue weighted by Gasteiger charge is -2.15. The van der Waals surface area contributed by atoms with Gasteiger partial charge in [-0.25, -0.2) is 4.39 Å². The number of alkyl halides is 1. The molecule has 0 fully saturated rings. The normalized spacial score (nSPS) is 12.2. The smallest absolute Gasteiger partial charge is 0.254 e. The van der Waals surface area contributed by atoms with Gasteiger partial charge in [0.25, 0.3) is 5.91 Å². The van der Waals surface area contributed by atoms with Gasteiger partial charge in [-0.3, -0.25) is 4.79 Å². The highest BCUT2D eigenvalue weighted by atomic mass is 35.5. The molecule has 1 aromatic rings. The lowest BCUT2D eigenvalue weighted by atomic mass is 10.0. The maximum absolute atomic E-state index is 13.6. The number of rotatable bonds is 7. The number of nitrogens with one attached hydrogen (secondary N) is 1. The molecule has 0 heterocycles. The molecule has 106 valence electrons. The molecule has 0 aromatic heterocycles. The number of hydrogen-bond acceptors (Lipinski definition) is 1. The van der Waals surface area contributed by atoms with Gasteiger partial charge >= 0.3 is 0 Å². The number of aryl methyl sites for hydroxylation is 1. The van der Waals surface area contributed by atoms with Crippen LogP contribution >= 0.6 is 11.6 Å². The zero-order valence-corrected chi connectivity index (χ0v) is 12.3. The van der Waals surface area contributed by atoms with Gasteiger partial charge in [-0.1, -0.05) is 19.4 Å². The van der Waals surface area contributed by atoms with Crippen LogP contribution in [-0.2, 0) is 0 Å². The zero-order valence-electron chi connectivity index (χ0n) is 11.5. The summed E-state index contributed by atoms with van der Waals surface area (Å²) in [7, 11) is 0. The summed E-state index contributed by atoms with van der Waals surface area (Å²) in [4.78, 5) is 11.9. The molecule has 0 bridgehead atoms. The summed E-state index contributed by atoms with van der Waals surface area (Å²) >= 11 is 5.73. The average Bonchev–Trinajstić information content (AvgIpc) is 2.36. The molecule has 1 rings (SSSR count).